The van der Waals surface area contributed by atoms with Gasteiger partial charge in [0.1, 0.15) is 6.26 Å². The number of benzene rings is 1. The summed E-state index contributed by atoms with van der Waals surface area (Å²) in [6, 6.07) is 4.39. The Morgan fingerprint density at radius 3 is 2.80 bits per heavy atom. The van der Waals surface area contributed by atoms with Crippen LogP contribution in [-0.4, -0.2) is 58.1 Å². The van der Waals surface area contributed by atoms with Crippen LogP contribution in [0, 0.1) is 0 Å². The minimum atomic E-state index is -0.383. The number of nitrogens with one attached hydrogen (secondary N) is 1. The molecule has 4 heterocycles. The average molecular weight is 410 g/mol. The van der Waals surface area contributed by atoms with E-state index in [0.29, 0.717) is 25.5 Å². The number of hydrogen-bond acceptors (Lipinski definition) is 7. The molecule has 3 aromatic rings. The minimum Gasteiger partial charge on any atom is -0.431 e. The molecule has 1 amide bonds. The Morgan fingerprint density at radius 2 is 2.03 bits per heavy atom. The monoisotopic (exact) mass is 410 g/mol. The third kappa shape index (κ3) is 3.60. The van der Waals surface area contributed by atoms with Gasteiger partial charge < -0.3 is 24.6 Å². The SMILES string of the molecule is Cn1cc2cc(N3CCCCC3)c(NC(=O)c3coc(N4CCC(O)C4)n3)cc2n1. The highest BCUT2D eigenvalue weighted by atomic mass is 16.4. The van der Waals surface area contributed by atoms with Crippen LogP contribution in [-0.2, 0) is 7.05 Å². The van der Waals surface area contributed by atoms with Crippen LogP contribution in [0.2, 0.25) is 0 Å². The molecule has 9 nitrogen and oxygen atoms in total. The van der Waals surface area contributed by atoms with Crippen LogP contribution in [0.25, 0.3) is 10.9 Å². The van der Waals surface area contributed by atoms with Crippen LogP contribution in [0.15, 0.2) is 29.0 Å². The van der Waals surface area contributed by atoms with Crippen molar-refractivity contribution in [3.05, 3.63) is 30.3 Å². The first-order chi connectivity index (χ1) is 14.6. The van der Waals surface area contributed by atoms with Gasteiger partial charge in [0.15, 0.2) is 5.69 Å². The Labute approximate surface area is 174 Å². The van der Waals surface area contributed by atoms with Crippen molar-refractivity contribution in [2.75, 3.05) is 41.3 Å². The molecule has 2 saturated heterocycles. The highest BCUT2D eigenvalue weighted by Crippen LogP contribution is 2.33. The Morgan fingerprint density at radius 1 is 1.20 bits per heavy atom. The van der Waals surface area contributed by atoms with Crippen LogP contribution in [0.4, 0.5) is 17.4 Å². The molecular formula is C21H26N6O3. The maximum atomic E-state index is 12.9. The van der Waals surface area contributed by atoms with Crippen molar-refractivity contribution < 1.29 is 14.3 Å². The number of aliphatic hydroxyl groups is 1. The number of piperidine rings is 1. The number of rotatable bonds is 4. The van der Waals surface area contributed by atoms with Crippen molar-refractivity contribution in [1.82, 2.24) is 14.8 Å². The van der Waals surface area contributed by atoms with E-state index in [0.717, 1.165) is 48.2 Å². The van der Waals surface area contributed by atoms with Gasteiger partial charge in [-0.25, -0.2) is 0 Å². The molecule has 2 N–H and O–H groups in total. The van der Waals surface area contributed by atoms with Crippen molar-refractivity contribution in [2.24, 2.45) is 7.05 Å². The standard InChI is InChI=1S/C21H26N6O3/c1-25-11-14-9-19(26-6-3-2-4-7-26)17(10-16(14)24-25)22-20(29)18-13-30-21(23-18)27-8-5-15(28)12-27/h9-11,13,15,28H,2-8,12H2,1H3,(H,22,29). The quantitative estimate of drug-likeness (QED) is 0.681. The van der Waals surface area contributed by atoms with E-state index in [2.05, 4.69) is 26.4 Å². The molecule has 0 bridgehead atoms. The number of anilines is 3. The first kappa shape index (κ1) is 18.9. The molecule has 0 saturated carbocycles. The molecule has 0 aliphatic carbocycles. The van der Waals surface area contributed by atoms with Crippen LogP contribution in [0.3, 0.4) is 0 Å². The molecule has 30 heavy (non-hydrogen) atoms. The molecule has 0 radical (unpaired) electrons. The maximum Gasteiger partial charge on any atom is 0.298 e. The zero-order valence-electron chi connectivity index (χ0n) is 17.0. The highest BCUT2D eigenvalue weighted by Gasteiger charge is 2.25. The summed E-state index contributed by atoms with van der Waals surface area (Å²) in [5, 5.41) is 18.3. The maximum absolute atomic E-state index is 12.9. The zero-order valence-corrected chi connectivity index (χ0v) is 17.0. The van der Waals surface area contributed by atoms with E-state index in [1.807, 2.05) is 24.2 Å². The Balaban J connectivity index is 1.42. The second kappa shape index (κ2) is 7.64. The second-order valence-corrected chi connectivity index (χ2v) is 8.14. The number of amides is 1. The molecule has 2 fully saturated rings. The lowest BCUT2D eigenvalue weighted by Crippen LogP contribution is -2.30. The smallest absolute Gasteiger partial charge is 0.298 e. The molecule has 2 aliphatic heterocycles. The lowest BCUT2D eigenvalue weighted by Gasteiger charge is -2.30. The number of aryl methyl sites for hydroxylation is 1. The molecule has 1 atom stereocenters. The van der Waals surface area contributed by atoms with Crippen LogP contribution in [0.1, 0.15) is 36.2 Å². The first-order valence-electron chi connectivity index (χ1n) is 10.5. The molecule has 158 valence electrons. The summed E-state index contributed by atoms with van der Waals surface area (Å²) in [4.78, 5) is 21.4. The van der Waals surface area contributed by atoms with E-state index < -0.39 is 0 Å². The topological polar surface area (TPSA) is 99.7 Å². The molecule has 5 rings (SSSR count). The van der Waals surface area contributed by atoms with Crippen molar-refractivity contribution in [1.29, 1.82) is 0 Å². The number of aliphatic hydroxyl groups excluding tert-OH is 1. The summed E-state index contributed by atoms with van der Waals surface area (Å²) in [6.07, 6.45) is 7.18. The molecule has 9 heteroatoms. The fourth-order valence-corrected chi connectivity index (χ4v) is 4.30. The summed E-state index contributed by atoms with van der Waals surface area (Å²) in [5.41, 5.74) is 2.79. The lowest BCUT2D eigenvalue weighted by atomic mass is 10.1. The fourth-order valence-electron chi connectivity index (χ4n) is 4.30. The second-order valence-electron chi connectivity index (χ2n) is 8.14. The lowest BCUT2D eigenvalue weighted by molar-refractivity contribution is 0.102. The van der Waals surface area contributed by atoms with E-state index in [9.17, 15) is 9.90 Å². The summed E-state index contributed by atoms with van der Waals surface area (Å²) in [6.45, 7) is 3.08. The van der Waals surface area contributed by atoms with Gasteiger partial charge in [-0.2, -0.15) is 10.1 Å². The highest BCUT2D eigenvalue weighted by molar-refractivity contribution is 6.06. The first-order valence-corrected chi connectivity index (χ1v) is 10.5. The number of carbonyl (C=O) groups excluding carboxylic acids is 1. The van der Waals surface area contributed by atoms with Gasteiger partial charge in [0, 0.05) is 44.8 Å². The number of aromatic nitrogens is 3. The number of nitrogens with zero attached hydrogens (tertiary/aromatic N) is 5. The van der Waals surface area contributed by atoms with Crippen molar-refractivity contribution in [3.8, 4) is 0 Å². The van der Waals surface area contributed by atoms with E-state index in [1.165, 1.54) is 12.7 Å². The summed E-state index contributed by atoms with van der Waals surface area (Å²) >= 11 is 0. The van der Waals surface area contributed by atoms with E-state index >= 15 is 0 Å². The van der Waals surface area contributed by atoms with Gasteiger partial charge in [-0.05, 0) is 37.8 Å². The van der Waals surface area contributed by atoms with E-state index in [1.54, 1.807) is 4.68 Å². The van der Waals surface area contributed by atoms with Gasteiger partial charge in [-0.3, -0.25) is 9.48 Å². The van der Waals surface area contributed by atoms with Gasteiger partial charge >= 0.3 is 0 Å². The molecular weight excluding hydrogens is 384 g/mol. The largest absolute Gasteiger partial charge is 0.431 e. The predicted octanol–water partition coefficient (Wildman–Crippen LogP) is 2.37. The Kier molecular flexibility index (Phi) is 4.82. The fraction of sp³-hybridized carbons (Fsp3) is 0.476. The third-order valence-corrected chi connectivity index (χ3v) is 5.84. The third-order valence-electron chi connectivity index (χ3n) is 5.84. The summed E-state index contributed by atoms with van der Waals surface area (Å²) < 4.78 is 7.28. The zero-order chi connectivity index (χ0) is 20.7. The van der Waals surface area contributed by atoms with Gasteiger partial charge in [-0.1, -0.05) is 0 Å². The van der Waals surface area contributed by atoms with Crippen LogP contribution in [0.5, 0.6) is 0 Å². The Bertz CT molecular complexity index is 1070. The average Bonchev–Trinajstić information content (AvgIpc) is 3.46. The normalized spacial score (nSPS) is 19.6. The molecule has 2 aliphatic rings. The Hall–Kier alpha value is -3.07. The predicted molar refractivity (Wildman–Crippen MR) is 114 cm³/mol. The molecule has 1 unspecified atom stereocenters. The number of hydrogen-bond donors (Lipinski definition) is 2. The molecule has 1 aromatic carbocycles. The number of fused-ring (bicyclic) bond motifs is 1. The summed E-state index contributed by atoms with van der Waals surface area (Å²) in [5.74, 6) is -0.321. The van der Waals surface area contributed by atoms with Gasteiger partial charge in [0.2, 0.25) is 0 Å². The number of β-amino-alcohol motifs (C(OH)–C–C–N with tert-alkyl or cyclic N) is 1. The van der Waals surface area contributed by atoms with Crippen LogP contribution >= 0.6 is 0 Å². The van der Waals surface area contributed by atoms with Crippen molar-refractivity contribution in [3.63, 3.8) is 0 Å². The van der Waals surface area contributed by atoms with Crippen molar-refractivity contribution >= 4 is 34.2 Å². The van der Waals surface area contributed by atoms with E-state index in [-0.39, 0.29) is 17.7 Å². The van der Waals surface area contributed by atoms with E-state index in [4.69, 9.17) is 4.42 Å². The van der Waals surface area contributed by atoms with Gasteiger partial charge in [0.25, 0.3) is 11.9 Å². The molecule has 2 aromatic heterocycles. The van der Waals surface area contributed by atoms with Gasteiger partial charge in [-0.15, -0.1) is 0 Å². The number of carbonyl (C=O) groups is 1. The summed E-state index contributed by atoms with van der Waals surface area (Å²) in [7, 11) is 1.89. The number of oxazole rings is 1. The molecule has 0 spiro atoms. The van der Waals surface area contributed by atoms with Gasteiger partial charge in [0.05, 0.1) is 23.0 Å². The van der Waals surface area contributed by atoms with Crippen LogP contribution < -0.4 is 15.1 Å². The van der Waals surface area contributed by atoms with Crippen molar-refractivity contribution in [2.45, 2.75) is 31.8 Å². The minimum absolute atomic E-state index is 0.220.